The van der Waals surface area contributed by atoms with E-state index in [9.17, 15) is 0 Å². The molecule has 0 nitrogen and oxygen atoms in total. The maximum absolute atomic E-state index is 2.29. The van der Waals surface area contributed by atoms with Crippen LogP contribution in [0.15, 0.2) is 72.8 Å². The smallest absolute Gasteiger partial charge is 0.0819 e. The van der Waals surface area contributed by atoms with Gasteiger partial charge in [0, 0.05) is 0 Å². The van der Waals surface area contributed by atoms with E-state index in [1.165, 1.54) is 33.2 Å². The van der Waals surface area contributed by atoms with Gasteiger partial charge in [0.1, 0.15) is 0 Å². The summed E-state index contributed by atoms with van der Waals surface area (Å²) in [4.78, 5) is 0. The van der Waals surface area contributed by atoms with Gasteiger partial charge in [-0.3, -0.25) is 0 Å². The van der Waals surface area contributed by atoms with E-state index in [4.69, 9.17) is 0 Å². The van der Waals surface area contributed by atoms with Crippen LogP contribution < -0.4 is 10.9 Å². The molecule has 3 aromatic rings. The average molecular weight is 310 g/mol. The van der Waals surface area contributed by atoms with Crippen molar-refractivity contribution in [1.29, 1.82) is 0 Å². The first-order valence-corrected chi connectivity index (χ1v) is 8.85. The molecule has 0 aliphatic heterocycles. The molecule has 0 bridgehead atoms. The number of hydrogen-bond acceptors (Lipinski definition) is 0. The minimum atomic E-state index is 0.574. The summed E-state index contributed by atoms with van der Waals surface area (Å²) in [6.45, 7) is 10.1. The van der Waals surface area contributed by atoms with E-state index < -0.39 is 0 Å². The van der Waals surface area contributed by atoms with Crippen LogP contribution in [0.2, 0.25) is 27.3 Å². The Morgan fingerprint density at radius 3 is 1.17 bits per heavy atom. The van der Waals surface area contributed by atoms with Gasteiger partial charge in [0.25, 0.3) is 0 Å². The predicted molar refractivity (Wildman–Crippen MR) is 112 cm³/mol. The Kier molecular flexibility index (Phi) is 4.94. The predicted octanol–water partition coefficient (Wildman–Crippen LogP) is 4.94. The van der Waals surface area contributed by atoms with E-state index in [2.05, 4.69) is 100 Å². The molecular weight excluding hydrogens is 286 g/mol. The quantitative estimate of drug-likeness (QED) is 0.599. The summed E-state index contributed by atoms with van der Waals surface area (Å²) < 4.78 is 0. The molecule has 0 N–H and O–H groups in total. The highest BCUT2D eigenvalue weighted by Gasteiger charge is 2.06. The molecule has 0 amide bonds. The maximum atomic E-state index is 2.29. The van der Waals surface area contributed by atoms with Gasteiger partial charge in [0.05, 0.1) is 0 Å². The Morgan fingerprint density at radius 1 is 0.458 bits per heavy atom. The summed E-state index contributed by atoms with van der Waals surface area (Å²) in [5.74, 6) is 0. The second-order valence-electron chi connectivity index (χ2n) is 7.13. The molecule has 0 saturated carbocycles. The standard InChI is InChI=1S/C22H24B2/c1-23(2)21-12-8-17(9-13-21)19-6-5-7-20(16-19)18-10-14-22(15-11-18)24(3)4/h5-16H,1-4H3. The van der Waals surface area contributed by atoms with Crippen molar-refractivity contribution >= 4 is 24.4 Å². The Morgan fingerprint density at radius 2 is 0.833 bits per heavy atom. The van der Waals surface area contributed by atoms with E-state index >= 15 is 0 Å². The van der Waals surface area contributed by atoms with Crippen LogP contribution in [0.3, 0.4) is 0 Å². The molecule has 0 heterocycles. The summed E-state index contributed by atoms with van der Waals surface area (Å²) in [5.41, 5.74) is 7.88. The minimum absolute atomic E-state index is 0.574. The molecule has 0 unspecified atom stereocenters. The molecular formula is C22H24B2. The second kappa shape index (κ2) is 7.13. The number of rotatable bonds is 4. The van der Waals surface area contributed by atoms with Crippen LogP contribution in [0.25, 0.3) is 22.3 Å². The zero-order valence-corrected chi connectivity index (χ0v) is 15.1. The zero-order valence-electron chi connectivity index (χ0n) is 15.1. The van der Waals surface area contributed by atoms with Crippen molar-refractivity contribution in [3.8, 4) is 22.3 Å². The van der Waals surface area contributed by atoms with Crippen molar-refractivity contribution in [2.75, 3.05) is 0 Å². The highest BCUT2D eigenvalue weighted by Crippen LogP contribution is 2.25. The highest BCUT2D eigenvalue weighted by molar-refractivity contribution is 6.71. The third-order valence-corrected chi connectivity index (χ3v) is 4.68. The molecule has 24 heavy (non-hydrogen) atoms. The van der Waals surface area contributed by atoms with E-state index in [1.807, 2.05) is 0 Å². The van der Waals surface area contributed by atoms with E-state index in [1.54, 1.807) is 0 Å². The fourth-order valence-corrected chi connectivity index (χ4v) is 3.00. The zero-order chi connectivity index (χ0) is 17.1. The summed E-state index contributed by atoms with van der Waals surface area (Å²) >= 11 is 0. The summed E-state index contributed by atoms with van der Waals surface area (Å²) in [6, 6.07) is 26.7. The van der Waals surface area contributed by atoms with Crippen molar-refractivity contribution in [1.82, 2.24) is 0 Å². The number of hydrogen-bond donors (Lipinski definition) is 0. The van der Waals surface area contributed by atoms with Crippen molar-refractivity contribution in [3.05, 3.63) is 72.8 Å². The first-order chi connectivity index (χ1) is 11.5. The Labute approximate surface area is 147 Å². The highest BCUT2D eigenvalue weighted by atomic mass is 14.1. The van der Waals surface area contributed by atoms with Gasteiger partial charge in [-0.05, 0) is 28.3 Å². The van der Waals surface area contributed by atoms with E-state index in [0.29, 0.717) is 13.4 Å². The Balaban J connectivity index is 1.91. The molecule has 0 atom stereocenters. The lowest BCUT2D eigenvalue weighted by atomic mass is 9.49. The van der Waals surface area contributed by atoms with Crippen LogP contribution >= 0.6 is 0 Å². The molecule has 0 aromatic heterocycles. The van der Waals surface area contributed by atoms with Crippen molar-refractivity contribution in [2.45, 2.75) is 27.3 Å². The van der Waals surface area contributed by atoms with Gasteiger partial charge in [-0.15, -0.1) is 0 Å². The van der Waals surface area contributed by atoms with Gasteiger partial charge in [-0.1, -0.05) is 105 Å². The number of benzene rings is 3. The monoisotopic (exact) mass is 310 g/mol. The van der Waals surface area contributed by atoms with Gasteiger partial charge in [0.15, 0.2) is 13.4 Å². The third-order valence-electron chi connectivity index (χ3n) is 4.68. The van der Waals surface area contributed by atoms with E-state index in [0.717, 1.165) is 0 Å². The van der Waals surface area contributed by atoms with Gasteiger partial charge in [0.2, 0.25) is 0 Å². The van der Waals surface area contributed by atoms with Gasteiger partial charge in [-0.2, -0.15) is 0 Å². The lowest BCUT2D eigenvalue weighted by molar-refractivity contribution is 1.60. The topological polar surface area (TPSA) is 0 Å². The molecule has 0 radical (unpaired) electrons. The van der Waals surface area contributed by atoms with Crippen LogP contribution in [0.5, 0.6) is 0 Å². The molecule has 2 heteroatoms. The fraction of sp³-hybridized carbons (Fsp3) is 0.182. The normalized spacial score (nSPS) is 10.5. The van der Waals surface area contributed by atoms with Crippen LogP contribution in [-0.4, -0.2) is 13.4 Å². The molecule has 0 fully saturated rings. The van der Waals surface area contributed by atoms with Gasteiger partial charge < -0.3 is 0 Å². The molecule has 0 aliphatic rings. The third kappa shape index (κ3) is 3.64. The van der Waals surface area contributed by atoms with Crippen LogP contribution in [0.1, 0.15) is 0 Å². The van der Waals surface area contributed by atoms with Crippen LogP contribution in [-0.2, 0) is 0 Å². The summed E-state index contributed by atoms with van der Waals surface area (Å²) in [5, 5.41) is 0. The molecule has 0 aliphatic carbocycles. The van der Waals surface area contributed by atoms with Crippen LogP contribution in [0, 0.1) is 0 Å². The Hall–Kier alpha value is -2.21. The average Bonchev–Trinajstić information content (AvgIpc) is 2.62. The SMILES string of the molecule is CB(C)c1ccc(-c2cccc(-c3ccc(B(C)C)cc3)c2)cc1. The van der Waals surface area contributed by atoms with Crippen molar-refractivity contribution in [2.24, 2.45) is 0 Å². The van der Waals surface area contributed by atoms with Gasteiger partial charge >= 0.3 is 0 Å². The lowest BCUT2D eigenvalue weighted by Crippen LogP contribution is -2.21. The molecule has 3 rings (SSSR count). The maximum Gasteiger partial charge on any atom is 0.169 e. The minimum Gasteiger partial charge on any atom is -0.0819 e. The summed E-state index contributed by atoms with van der Waals surface area (Å²) in [6.07, 6.45) is 0. The molecule has 0 saturated heterocycles. The van der Waals surface area contributed by atoms with E-state index in [-0.39, 0.29) is 0 Å². The molecule has 118 valence electrons. The molecule has 3 aromatic carbocycles. The second-order valence-corrected chi connectivity index (χ2v) is 7.13. The fourth-order valence-electron chi connectivity index (χ4n) is 3.00. The van der Waals surface area contributed by atoms with Crippen molar-refractivity contribution < 1.29 is 0 Å². The Bertz CT molecular complexity index is 733. The summed E-state index contributed by atoms with van der Waals surface area (Å²) in [7, 11) is 0. The molecule has 0 spiro atoms. The van der Waals surface area contributed by atoms with Crippen LogP contribution in [0.4, 0.5) is 0 Å². The largest absolute Gasteiger partial charge is 0.169 e. The van der Waals surface area contributed by atoms with Crippen molar-refractivity contribution in [3.63, 3.8) is 0 Å². The van der Waals surface area contributed by atoms with Gasteiger partial charge in [-0.25, -0.2) is 0 Å². The first-order valence-electron chi connectivity index (χ1n) is 8.85. The first kappa shape index (κ1) is 16.6. The lowest BCUT2D eigenvalue weighted by Gasteiger charge is -2.09.